The summed E-state index contributed by atoms with van der Waals surface area (Å²) in [7, 11) is -2.40. The van der Waals surface area contributed by atoms with Gasteiger partial charge in [0.05, 0.1) is 21.8 Å². The summed E-state index contributed by atoms with van der Waals surface area (Å²) in [6.45, 7) is 1.26. The number of hydrogen-bond acceptors (Lipinski definition) is 7. The molecule has 12 heteroatoms. The van der Waals surface area contributed by atoms with E-state index in [9.17, 15) is 21.6 Å². The molecule has 0 saturated carbocycles. The molecule has 2 heterocycles. The second kappa shape index (κ2) is 8.96. The lowest BCUT2D eigenvalue weighted by atomic mass is 10.2. The van der Waals surface area contributed by atoms with Gasteiger partial charge >= 0.3 is 0 Å². The van der Waals surface area contributed by atoms with Crippen molar-refractivity contribution < 1.29 is 21.6 Å². The lowest BCUT2D eigenvalue weighted by Gasteiger charge is -2.23. The Hall–Kier alpha value is -2.83. The molecule has 3 N–H and O–H groups in total. The summed E-state index contributed by atoms with van der Waals surface area (Å²) < 4.78 is 70.6. The third-order valence-corrected chi connectivity index (χ3v) is 7.07. The standard InChI is InChI=1S/C20H20F3N5O2S2/c1-24-13-4-5-28(9-13)18-6-12(21)2-3-17(18)26-20-15(22)7-14(8-16(20)23)32(29,30)27-19-10-31-11-25-19/h2-3,6-8,10-11,13,24,26-27H,4-5,9H2,1H3. The van der Waals surface area contributed by atoms with E-state index in [0.717, 1.165) is 18.6 Å². The number of benzene rings is 2. The Kier molecular flexibility index (Phi) is 6.26. The van der Waals surface area contributed by atoms with Crippen molar-refractivity contribution >= 4 is 44.2 Å². The predicted octanol–water partition coefficient (Wildman–Crippen LogP) is 3.90. The highest BCUT2D eigenvalue weighted by Crippen LogP contribution is 2.34. The first-order chi connectivity index (χ1) is 15.3. The van der Waals surface area contributed by atoms with Crippen molar-refractivity contribution in [3.05, 3.63) is 58.7 Å². The first-order valence-corrected chi connectivity index (χ1v) is 12.1. The van der Waals surface area contributed by atoms with E-state index in [1.807, 2.05) is 11.9 Å². The van der Waals surface area contributed by atoms with Gasteiger partial charge in [-0.3, -0.25) is 4.72 Å². The third-order valence-electron chi connectivity index (χ3n) is 5.15. The fraction of sp³-hybridized carbons (Fsp3) is 0.250. The molecule has 1 saturated heterocycles. The van der Waals surface area contributed by atoms with Gasteiger partial charge in [0.2, 0.25) is 0 Å². The van der Waals surface area contributed by atoms with E-state index in [4.69, 9.17) is 0 Å². The number of sulfonamides is 1. The van der Waals surface area contributed by atoms with Crippen LogP contribution in [0.1, 0.15) is 6.42 Å². The molecule has 1 aliphatic heterocycles. The Morgan fingerprint density at radius 1 is 1.16 bits per heavy atom. The normalized spacial score (nSPS) is 16.4. The van der Waals surface area contributed by atoms with Crippen molar-refractivity contribution in [1.82, 2.24) is 10.3 Å². The van der Waals surface area contributed by atoms with Crippen molar-refractivity contribution in [1.29, 1.82) is 0 Å². The average Bonchev–Trinajstić information content (AvgIpc) is 3.43. The zero-order valence-electron chi connectivity index (χ0n) is 16.9. The number of thiazole rings is 1. The van der Waals surface area contributed by atoms with E-state index in [2.05, 4.69) is 20.3 Å². The Labute approximate surface area is 187 Å². The summed E-state index contributed by atoms with van der Waals surface area (Å²) in [4.78, 5) is 5.13. The first kappa shape index (κ1) is 22.4. The van der Waals surface area contributed by atoms with E-state index in [1.165, 1.54) is 40.4 Å². The number of hydrogen-bond donors (Lipinski definition) is 3. The number of nitrogens with zero attached hydrogens (tertiary/aromatic N) is 2. The minimum atomic E-state index is -4.23. The third kappa shape index (κ3) is 4.66. The topological polar surface area (TPSA) is 86.4 Å². The smallest absolute Gasteiger partial charge is 0.263 e. The predicted molar refractivity (Wildman–Crippen MR) is 119 cm³/mol. The molecule has 2 aromatic carbocycles. The minimum Gasteiger partial charge on any atom is -0.368 e. The van der Waals surface area contributed by atoms with Crippen LogP contribution in [0.15, 0.2) is 46.1 Å². The molecule has 170 valence electrons. The van der Waals surface area contributed by atoms with Gasteiger partial charge in [-0.05, 0) is 43.8 Å². The highest BCUT2D eigenvalue weighted by Gasteiger charge is 2.25. The van der Waals surface area contributed by atoms with Crippen LogP contribution in [0.4, 0.5) is 36.1 Å². The van der Waals surface area contributed by atoms with Gasteiger partial charge in [-0.15, -0.1) is 11.3 Å². The van der Waals surface area contributed by atoms with Crippen molar-refractivity contribution in [3.63, 3.8) is 0 Å². The van der Waals surface area contributed by atoms with Crippen LogP contribution in [-0.4, -0.2) is 39.6 Å². The number of likely N-dealkylation sites (N-methyl/N-ethyl adjacent to an activating group) is 1. The van der Waals surface area contributed by atoms with Crippen molar-refractivity contribution in [2.45, 2.75) is 17.4 Å². The molecule has 0 spiro atoms. The van der Waals surface area contributed by atoms with E-state index in [-0.39, 0.29) is 11.9 Å². The van der Waals surface area contributed by atoms with E-state index >= 15 is 0 Å². The monoisotopic (exact) mass is 483 g/mol. The molecule has 32 heavy (non-hydrogen) atoms. The summed E-state index contributed by atoms with van der Waals surface area (Å²) in [5.74, 6) is -2.63. The largest absolute Gasteiger partial charge is 0.368 e. The van der Waals surface area contributed by atoms with Crippen molar-refractivity contribution in [2.24, 2.45) is 0 Å². The minimum absolute atomic E-state index is 0.0551. The summed E-state index contributed by atoms with van der Waals surface area (Å²) in [6.07, 6.45) is 0.841. The number of rotatable bonds is 7. The molecule has 1 atom stereocenters. The molecule has 4 rings (SSSR count). The van der Waals surface area contributed by atoms with Crippen LogP contribution in [0, 0.1) is 17.5 Å². The molecule has 1 unspecified atom stereocenters. The van der Waals surface area contributed by atoms with Crippen LogP contribution in [0.5, 0.6) is 0 Å². The fourth-order valence-electron chi connectivity index (χ4n) is 3.51. The SMILES string of the molecule is CNC1CCN(c2cc(F)ccc2Nc2c(F)cc(S(=O)(=O)Nc3cscn3)cc2F)C1. The van der Waals surface area contributed by atoms with Crippen molar-refractivity contribution in [3.8, 4) is 0 Å². The Morgan fingerprint density at radius 3 is 2.53 bits per heavy atom. The average molecular weight is 484 g/mol. The molecule has 0 bridgehead atoms. The molecule has 1 aromatic heterocycles. The lowest BCUT2D eigenvalue weighted by Crippen LogP contribution is -2.29. The fourth-order valence-corrected chi connectivity index (χ4v) is 5.09. The molecular formula is C20H20F3N5O2S2. The highest BCUT2D eigenvalue weighted by molar-refractivity contribution is 7.92. The Morgan fingerprint density at radius 2 is 1.91 bits per heavy atom. The van der Waals surface area contributed by atoms with E-state index in [0.29, 0.717) is 24.5 Å². The second-order valence-electron chi connectivity index (χ2n) is 7.25. The van der Waals surface area contributed by atoms with Gasteiger partial charge < -0.3 is 15.5 Å². The van der Waals surface area contributed by atoms with Crippen LogP contribution in [0.2, 0.25) is 0 Å². The summed E-state index contributed by atoms with van der Waals surface area (Å²) in [6, 6.07) is 5.53. The number of anilines is 4. The summed E-state index contributed by atoms with van der Waals surface area (Å²) in [5.41, 5.74) is 1.65. The van der Waals surface area contributed by atoms with Gasteiger partial charge in [0.25, 0.3) is 10.0 Å². The van der Waals surface area contributed by atoms with Crippen LogP contribution >= 0.6 is 11.3 Å². The Bertz CT molecular complexity index is 1200. The molecule has 0 aliphatic carbocycles. The molecule has 0 amide bonds. The lowest BCUT2D eigenvalue weighted by molar-refractivity contribution is 0.574. The maximum atomic E-state index is 14.8. The summed E-state index contributed by atoms with van der Waals surface area (Å²) in [5, 5.41) is 7.28. The molecule has 0 radical (unpaired) electrons. The van der Waals surface area contributed by atoms with Crippen molar-refractivity contribution in [2.75, 3.05) is 35.1 Å². The van der Waals surface area contributed by atoms with Gasteiger partial charge in [-0.25, -0.2) is 26.6 Å². The molecule has 1 fully saturated rings. The van der Waals surface area contributed by atoms with Gasteiger partial charge in [0.1, 0.15) is 11.5 Å². The van der Waals surface area contributed by atoms with Crippen LogP contribution in [-0.2, 0) is 10.0 Å². The van der Waals surface area contributed by atoms with Gasteiger partial charge in [0, 0.05) is 24.5 Å². The zero-order chi connectivity index (χ0) is 22.9. The number of nitrogens with one attached hydrogen (secondary N) is 3. The van der Waals surface area contributed by atoms with E-state index in [1.54, 1.807) is 0 Å². The highest BCUT2D eigenvalue weighted by atomic mass is 32.2. The molecular weight excluding hydrogens is 463 g/mol. The zero-order valence-corrected chi connectivity index (χ0v) is 18.5. The molecule has 7 nitrogen and oxygen atoms in total. The van der Waals surface area contributed by atoms with E-state index < -0.39 is 38.1 Å². The first-order valence-electron chi connectivity index (χ1n) is 9.65. The van der Waals surface area contributed by atoms with Gasteiger partial charge in [0.15, 0.2) is 17.5 Å². The second-order valence-corrected chi connectivity index (χ2v) is 9.65. The summed E-state index contributed by atoms with van der Waals surface area (Å²) >= 11 is 1.17. The molecule has 1 aliphatic rings. The maximum Gasteiger partial charge on any atom is 0.263 e. The van der Waals surface area contributed by atoms with Crippen LogP contribution < -0.4 is 20.3 Å². The van der Waals surface area contributed by atoms with Gasteiger partial charge in [-0.1, -0.05) is 0 Å². The number of halogens is 3. The number of aromatic nitrogens is 1. The van der Waals surface area contributed by atoms with Gasteiger partial charge in [-0.2, -0.15) is 0 Å². The van der Waals surface area contributed by atoms with Crippen LogP contribution in [0.3, 0.4) is 0 Å². The quantitative estimate of drug-likeness (QED) is 0.473. The van der Waals surface area contributed by atoms with Crippen LogP contribution in [0.25, 0.3) is 0 Å². The maximum absolute atomic E-state index is 14.8. The Balaban J connectivity index is 1.63. The molecule has 3 aromatic rings.